The average molecular weight is 293 g/mol. The van der Waals surface area contributed by atoms with E-state index in [1.165, 1.54) is 12.3 Å². The molecule has 0 aliphatic rings. The van der Waals surface area contributed by atoms with Crippen LogP contribution >= 0.6 is 11.6 Å². The topological polar surface area (TPSA) is 71.2 Å². The summed E-state index contributed by atoms with van der Waals surface area (Å²) in [4.78, 5) is 25.9. The van der Waals surface area contributed by atoms with E-state index in [9.17, 15) is 9.59 Å². The van der Waals surface area contributed by atoms with Gasteiger partial charge in [-0.05, 0) is 24.6 Å². The first-order chi connectivity index (χ1) is 9.56. The molecular weight excluding hydrogens is 280 g/mol. The number of halogens is 1. The van der Waals surface area contributed by atoms with E-state index in [2.05, 4.69) is 10.3 Å². The maximum absolute atomic E-state index is 11.7. The fourth-order valence-electron chi connectivity index (χ4n) is 1.59. The minimum Gasteiger partial charge on any atom is -0.451 e. The highest BCUT2D eigenvalue weighted by molar-refractivity contribution is 6.30. The minimum atomic E-state index is -0.628. The number of ether oxygens (including phenoxy) is 1. The number of aromatic amines is 1. The fraction of sp³-hybridized carbons (Fsp3) is 0.143. The lowest BCUT2D eigenvalue weighted by Gasteiger charge is -2.08. The van der Waals surface area contributed by atoms with Crippen molar-refractivity contribution >= 4 is 29.2 Å². The molecule has 104 valence electrons. The van der Waals surface area contributed by atoms with Crippen molar-refractivity contribution in [3.63, 3.8) is 0 Å². The molecule has 0 unspecified atom stereocenters. The molecule has 0 atom stereocenters. The van der Waals surface area contributed by atoms with Crippen LogP contribution < -0.4 is 5.32 Å². The first-order valence-electron chi connectivity index (χ1n) is 5.93. The third kappa shape index (κ3) is 3.61. The number of rotatable bonds is 4. The first kappa shape index (κ1) is 14.1. The molecule has 1 amide bonds. The van der Waals surface area contributed by atoms with E-state index >= 15 is 0 Å². The van der Waals surface area contributed by atoms with Gasteiger partial charge in [0.2, 0.25) is 0 Å². The van der Waals surface area contributed by atoms with Crippen molar-refractivity contribution in [2.45, 2.75) is 6.92 Å². The highest BCUT2D eigenvalue weighted by Crippen LogP contribution is 2.13. The van der Waals surface area contributed by atoms with Gasteiger partial charge in [-0.25, -0.2) is 4.79 Å². The number of hydrogen-bond donors (Lipinski definition) is 2. The van der Waals surface area contributed by atoms with Gasteiger partial charge in [-0.1, -0.05) is 29.8 Å². The van der Waals surface area contributed by atoms with Crippen LogP contribution in [0.5, 0.6) is 0 Å². The number of benzene rings is 1. The quantitative estimate of drug-likeness (QED) is 0.851. The molecule has 0 saturated heterocycles. The minimum absolute atomic E-state index is 0.207. The Morgan fingerprint density at radius 3 is 2.75 bits per heavy atom. The maximum atomic E-state index is 11.7. The number of amides is 1. The van der Waals surface area contributed by atoms with Crippen LogP contribution in [0.15, 0.2) is 36.5 Å². The smallest absolute Gasteiger partial charge is 0.355 e. The van der Waals surface area contributed by atoms with Gasteiger partial charge >= 0.3 is 5.97 Å². The van der Waals surface area contributed by atoms with Crippen LogP contribution in [-0.4, -0.2) is 23.5 Å². The van der Waals surface area contributed by atoms with E-state index in [0.29, 0.717) is 10.7 Å². The van der Waals surface area contributed by atoms with Crippen molar-refractivity contribution in [2.75, 3.05) is 11.9 Å². The van der Waals surface area contributed by atoms with Crippen molar-refractivity contribution in [3.05, 3.63) is 52.8 Å². The van der Waals surface area contributed by atoms with Gasteiger partial charge in [0, 0.05) is 11.9 Å². The van der Waals surface area contributed by atoms with Gasteiger partial charge in [-0.3, -0.25) is 4.79 Å². The highest BCUT2D eigenvalue weighted by Gasteiger charge is 2.12. The summed E-state index contributed by atoms with van der Waals surface area (Å²) in [5.41, 5.74) is 1.83. The van der Waals surface area contributed by atoms with Crippen molar-refractivity contribution in [1.29, 1.82) is 0 Å². The van der Waals surface area contributed by atoms with Gasteiger partial charge in [0.05, 0.1) is 5.02 Å². The summed E-state index contributed by atoms with van der Waals surface area (Å²) in [5.74, 6) is -1.03. The Morgan fingerprint density at radius 2 is 2.10 bits per heavy atom. The van der Waals surface area contributed by atoms with Crippen LogP contribution in [0, 0.1) is 6.92 Å². The maximum Gasteiger partial charge on any atom is 0.355 e. The van der Waals surface area contributed by atoms with Crippen LogP contribution in [-0.2, 0) is 9.53 Å². The van der Waals surface area contributed by atoms with Gasteiger partial charge in [0.1, 0.15) is 5.69 Å². The van der Waals surface area contributed by atoms with Gasteiger partial charge in [0.25, 0.3) is 5.91 Å². The number of anilines is 1. The number of para-hydroxylation sites is 1. The number of carbonyl (C=O) groups is 2. The number of H-pyrrole nitrogens is 1. The van der Waals surface area contributed by atoms with Gasteiger partial charge < -0.3 is 15.0 Å². The number of hydrogen-bond acceptors (Lipinski definition) is 3. The lowest BCUT2D eigenvalue weighted by molar-refractivity contribution is -0.119. The van der Waals surface area contributed by atoms with E-state index in [-0.39, 0.29) is 12.3 Å². The Hall–Kier alpha value is -2.27. The van der Waals surface area contributed by atoms with Crippen LogP contribution in [0.4, 0.5) is 5.69 Å². The summed E-state index contributed by atoms with van der Waals surface area (Å²) in [6, 6.07) is 8.78. The van der Waals surface area contributed by atoms with Gasteiger partial charge in [-0.2, -0.15) is 0 Å². The second kappa shape index (κ2) is 6.25. The molecule has 0 spiro atoms. The van der Waals surface area contributed by atoms with E-state index in [4.69, 9.17) is 16.3 Å². The van der Waals surface area contributed by atoms with Crippen molar-refractivity contribution in [1.82, 2.24) is 4.98 Å². The Kier molecular flexibility index (Phi) is 4.42. The lowest BCUT2D eigenvalue weighted by Crippen LogP contribution is -2.21. The zero-order valence-corrected chi connectivity index (χ0v) is 11.5. The fourth-order valence-corrected chi connectivity index (χ4v) is 1.76. The number of aryl methyl sites for hydroxylation is 1. The van der Waals surface area contributed by atoms with Crippen LogP contribution in [0.2, 0.25) is 5.02 Å². The SMILES string of the molecule is Cc1ccccc1NC(=O)COC(=O)c1cc(Cl)c[nH]1. The molecule has 0 fully saturated rings. The molecule has 1 heterocycles. The summed E-state index contributed by atoms with van der Waals surface area (Å²) in [6.45, 7) is 1.52. The number of carbonyl (C=O) groups excluding carboxylic acids is 2. The van der Waals surface area contributed by atoms with Crippen LogP contribution in [0.1, 0.15) is 16.1 Å². The van der Waals surface area contributed by atoms with Crippen molar-refractivity contribution in [3.8, 4) is 0 Å². The Morgan fingerprint density at radius 1 is 1.35 bits per heavy atom. The molecule has 1 aromatic heterocycles. The van der Waals surface area contributed by atoms with Crippen molar-refractivity contribution < 1.29 is 14.3 Å². The summed E-state index contributed by atoms with van der Waals surface area (Å²) in [6.07, 6.45) is 1.46. The van der Waals surface area contributed by atoms with E-state index in [1.54, 1.807) is 6.07 Å². The van der Waals surface area contributed by atoms with E-state index < -0.39 is 11.9 Å². The summed E-state index contributed by atoms with van der Waals surface area (Å²) in [5, 5.41) is 3.07. The van der Waals surface area contributed by atoms with Gasteiger partial charge in [-0.15, -0.1) is 0 Å². The molecule has 0 aliphatic carbocycles. The molecule has 2 rings (SSSR count). The highest BCUT2D eigenvalue weighted by atomic mass is 35.5. The number of nitrogens with one attached hydrogen (secondary N) is 2. The Bertz CT molecular complexity index is 637. The monoisotopic (exact) mass is 292 g/mol. The van der Waals surface area contributed by atoms with Crippen LogP contribution in [0.25, 0.3) is 0 Å². The summed E-state index contributed by atoms with van der Waals surface area (Å²) >= 11 is 5.67. The third-order valence-electron chi connectivity index (χ3n) is 2.62. The molecular formula is C14H13ClN2O3. The molecule has 1 aromatic carbocycles. The lowest BCUT2D eigenvalue weighted by atomic mass is 10.2. The predicted octanol–water partition coefficient (Wildman–Crippen LogP) is 2.77. The zero-order chi connectivity index (χ0) is 14.5. The normalized spacial score (nSPS) is 10.1. The summed E-state index contributed by atoms with van der Waals surface area (Å²) in [7, 11) is 0. The Labute approximate surface area is 120 Å². The summed E-state index contributed by atoms with van der Waals surface area (Å²) < 4.78 is 4.87. The third-order valence-corrected chi connectivity index (χ3v) is 2.84. The number of esters is 1. The molecule has 2 N–H and O–H groups in total. The largest absolute Gasteiger partial charge is 0.451 e. The Balaban J connectivity index is 1.87. The first-order valence-corrected chi connectivity index (χ1v) is 6.30. The van der Waals surface area contributed by atoms with Crippen LogP contribution in [0.3, 0.4) is 0 Å². The second-order valence-corrected chi connectivity index (χ2v) is 4.61. The zero-order valence-electron chi connectivity index (χ0n) is 10.8. The molecule has 5 nitrogen and oxygen atoms in total. The molecule has 0 aliphatic heterocycles. The van der Waals surface area contributed by atoms with Crippen molar-refractivity contribution in [2.24, 2.45) is 0 Å². The number of aromatic nitrogens is 1. The molecule has 0 radical (unpaired) electrons. The predicted molar refractivity (Wildman–Crippen MR) is 75.9 cm³/mol. The molecule has 0 saturated carbocycles. The second-order valence-electron chi connectivity index (χ2n) is 4.17. The molecule has 6 heteroatoms. The molecule has 0 bridgehead atoms. The van der Waals surface area contributed by atoms with E-state index in [0.717, 1.165) is 5.56 Å². The van der Waals surface area contributed by atoms with Gasteiger partial charge in [0.15, 0.2) is 6.61 Å². The molecule has 20 heavy (non-hydrogen) atoms. The average Bonchev–Trinajstić information content (AvgIpc) is 2.85. The van der Waals surface area contributed by atoms with E-state index in [1.807, 2.05) is 25.1 Å². The standard InChI is InChI=1S/C14H13ClN2O3/c1-9-4-2-3-5-11(9)17-13(18)8-20-14(19)12-6-10(15)7-16-12/h2-7,16H,8H2,1H3,(H,17,18). The molecule has 2 aromatic rings.